The Labute approximate surface area is 160 Å². The molecule has 8 heteroatoms. The molecule has 0 spiro atoms. The first kappa shape index (κ1) is 22.0. The largest absolute Gasteiger partial charge is 0.396 e. The van der Waals surface area contributed by atoms with Gasteiger partial charge in [0.1, 0.15) is 6.04 Å². The number of thiophene rings is 1. The molecule has 0 aliphatic carbocycles. The first-order valence-corrected chi connectivity index (χ1v) is 9.67. The number of hydrazine groups is 1. The molecule has 0 aromatic carbocycles. The van der Waals surface area contributed by atoms with Gasteiger partial charge in [-0.3, -0.25) is 9.59 Å². The summed E-state index contributed by atoms with van der Waals surface area (Å²) in [7, 11) is 1.56. The molecule has 2 heterocycles. The van der Waals surface area contributed by atoms with Gasteiger partial charge in [0.05, 0.1) is 10.6 Å². The number of nitrogens with one attached hydrogen (secondary N) is 1. The molecule has 1 fully saturated rings. The quantitative estimate of drug-likeness (QED) is 0.394. The fourth-order valence-electron chi connectivity index (χ4n) is 2.93. The molecule has 2 amide bonds. The average Bonchev–Trinajstić information content (AvgIpc) is 3.26. The highest BCUT2D eigenvalue weighted by Crippen LogP contribution is 2.22. The maximum absolute atomic E-state index is 12.8. The minimum atomic E-state index is -0.390. The fourth-order valence-corrected chi connectivity index (χ4v) is 3.58. The van der Waals surface area contributed by atoms with Gasteiger partial charge in [-0.05, 0) is 37.1 Å². The number of nitrogens with two attached hydrogens (primary N) is 2. The van der Waals surface area contributed by atoms with Gasteiger partial charge in [0.25, 0.3) is 0 Å². The highest BCUT2D eigenvalue weighted by atomic mass is 32.1. The van der Waals surface area contributed by atoms with Crippen LogP contribution in [0.1, 0.15) is 38.5 Å². The van der Waals surface area contributed by atoms with Crippen LogP contribution in [0.3, 0.4) is 0 Å². The van der Waals surface area contributed by atoms with Crippen molar-refractivity contribution in [1.29, 1.82) is 0 Å². The Kier molecular flexibility index (Phi) is 9.15. The van der Waals surface area contributed by atoms with Crippen molar-refractivity contribution >= 4 is 29.4 Å². The van der Waals surface area contributed by atoms with Crippen LogP contribution in [0.5, 0.6) is 0 Å². The summed E-state index contributed by atoms with van der Waals surface area (Å²) >= 11 is 1.56. The van der Waals surface area contributed by atoms with E-state index in [9.17, 15) is 4.79 Å². The topological polar surface area (TPSA) is 105 Å². The standard InChI is InChI=1S/C16H26N4OS.C2H5NO/c1-11(2)15(16(21)19-8-4-6-12(19)3)20(18)10-13(17)14-7-5-9-22-14;1-3-2-4/h5,7,9-12,15H,4,6,8,17-18H2,1-3H3;2H,1H3,(H,3,4)/b13-10-;. The highest BCUT2D eigenvalue weighted by Gasteiger charge is 2.34. The van der Waals surface area contributed by atoms with Gasteiger partial charge in [-0.2, -0.15) is 0 Å². The Balaban J connectivity index is 0.000000765. The molecule has 0 bridgehead atoms. The lowest BCUT2D eigenvalue weighted by Gasteiger charge is -2.34. The number of carbonyl (C=O) groups is 2. The summed E-state index contributed by atoms with van der Waals surface area (Å²) in [4.78, 5) is 24.8. The Morgan fingerprint density at radius 1 is 1.50 bits per heavy atom. The molecule has 2 rings (SSSR count). The van der Waals surface area contributed by atoms with Crippen LogP contribution in [0.2, 0.25) is 0 Å². The molecule has 1 aliphatic rings. The van der Waals surface area contributed by atoms with E-state index >= 15 is 0 Å². The van der Waals surface area contributed by atoms with E-state index < -0.39 is 0 Å². The van der Waals surface area contributed by atoms with Crippen LogP contribution in [-0.2, 0) is 9.59 Å². The van der Waals surface area contributed by atoms with Crippen molar-refractivity contribution in [2.45, 2.75) is 45.7 Å². The van der Waals surface area contributed by atoms with Crippen molar-refractivity contribution in [3.63, 3.8) is 0 Å². The second-order valence-corrected chi connectivity index (χ2v) is 7.57. The van der Waals surface area contributed by atoms with Crippen LogP contribution in [-0.4, -0.2) is 47.9 Å². The number of rotatable bonds is 6. The Morgan fingerprint density at radius 3 is 2.58 bits per heavy atom. The predicted molar refractivity (Wildman–Crippen MR) is 107 cm³/mol. The summed E-state index contributed by atoms with van der Waals surface area (Å²) in [6.45, 7) is 6.94. The zero-order valence-electron chi connectivity index (χ0n) is 16.0. The summed E-state index contributed by atoms with van der Waals surface area (Å²) in [6, 6.07) is 3.79. The summed E-state index contributed by atoms with van der Waals surface area (Å²) in [6.07, 6.45) is 4.43. The number of carbonyl (C=O) groups excluding carboxylic acids is 2. The smallest absolute Gasteiger partial charge is 0.247 e. The van der Waals surface area contributed by atoms with Gasteiger partial charge in [-0.25, -0.2) is 5.84 Å². The molecule has 0 radical (unpaired) electrons. The molecule has 1 aliphatic heterocycles. The zero-order chi connectivity index (χ0) is 19.7. The van der Waals surface area contributed by atoms with Gasteiger partial charge in [0.2, 0.25) is 12.3 Å². The first-order valence-electron chi connectivity index (χ1n) is 8.79. The summed E-state index contributed by atoms with van der Waals surface area (Å²) in [5, 5.41) is 5.70. The molecular formula is C18H31N5O2S. The molecule has 26 heavy (non-hydrogen) atoms. The lowest BCUT2D eigenvalue weighted by atomic mass is 10.0. The highest BCUT2D eigenvalue weighted by molar-refractivity contribution is 7.11. The zero-order valence-corrected chi connectivity index (χ0v) is 16.8. The molecule has 5 N–H and O–H groups in total. The van der Waals surface area contributed by atoms with Crippen LogP contribution in [0.4, 0.5) is 0 Å². The van der Waals surface area contributed by atoms with Crippen LogP contribution < -0.4 is 16.9 Å². The third kappa shape index (κ3) is 6.03. The number of hydrogen-bond acceptors (Lipinski definition) is 6. The van der Waals surface area contributed by atoms with E-state index in [1.54, 1.807) is 24.6 Å². The second-order valence-electron chi connectivity index (χ2n) is 6.63. The minimum absolute atomic E-state index is 0.0951. The summed E-state index contributed by atoms with van der Waals surface area (Å²) in [5.41, 5.74) is 6.67. The van der Waals surface area contributed by atoms with E-state index in [2.05, 4.69) is 12.2 Å². The lowest BCUT2D eigenvalue weighted by molar-refractivity contribution is -0.138. The molecule has 7 nitrogen and oxygen atoms in total. The monoisotopic (exact) mass is 381 g/mol. The van der Waals surface area contributed by atoms with Crippen LogP contribution >= 0.6 is 11.3 Å². The van der Waals surface area contributed by atoms with E-state index in [4.69, 9.17) is 16.4 Å². The number of amides is 2. The van der Waals surface area contributed by atoms with Gasteiger partial charge in [-0.1, -0.05) is 19.9 Å². The minimum Gasteiger partial charge on any atom is -0.396 e. The summed E-state index contributed by atoms with van der Waals surface area (Å²) in [5.74, 6) is 6.38. The van der Waals surface area contributed by atoms with Gasteiger partial charge < -0.3 is 21.0 Å². The maximum Gasteiger partial charge on any atom is 0.247 e. The lowest BCUT2D eigenvalue weighted by Crippen LogP contribution is -2.53. The third-order valence-electron chi connectivity index (χ3n) is 4.25. The Hall–Kier alpha value is -2.06. The van der Waals surface area contributed by atoms with Gasteiger partial charge in [0, 0.05) is 25.8 Å². The van der Waals surface area contributed by atoms with Crippen molar-refractivity contribution in [2.75, 3.05) is 13.6 Å². The van der Waals surface area contributed by atoms with Gasteiger partial charge in [-0.15, -0.1) is 11.3 Å². The van der Waals surface area contributed by atoms with Crippen molar-refractivity contribution in [3.8, 4) is 0 Å². The van der Waals surface area contributed by atoms with E-state index in [0.717, 1.165) is 24.3 Å². The Morgan fingerprint density at radius 2 is 2.15 bits per heavy atom. The molecule has 2 unspecified atom stereocenters. The average molecular weight is 382 g/mol. The van der Waals surface area contributed by atoms with E-state index in [1.807, 2.05) is 36.3 Å². The van der Waals surface area contributed by atoms with Crippen LogP contribution in [0, 0.1) is 5.92 Å². The molecule has 1 saturated heterocycles. The molecule has 0 saturated carbocycles. The molecular weight excluding hydrogens is 350 g/mol. The van der Waals surface area contributed by atoms with Crippen molar-refractivity contribution in [3.05, 3.63) is 28.6 Å². The van der Waals surface area contributed by atoms with E-state index in [1.165, 1.54) is 5.01 Å². The van der Waals surface area contributed by atoms with Gasteiger partial charge in [0.15, 0.2) is 0 Å². The second kappa shape index (κ2) is 10.8. The van der Waals surface area contributed by atoms with E-state index in [0.29, 0.717) is 18.1 Å². The maximum atomic E-state index is 12.8. The number of nitrogens with zero attached hydrogens (tertiary/aromatic N) is 2. The number of likely N-dealkylation sites (tertiary alicyclic amines) is 1. The molecule has 146 valence electrons. The number of hydrogen-bond donors (Lipinski definition) is 3. The van der Waals surface area contributed by atoms with Crippen molar-refractivity contribution in [2.24, 2.45) is 17.5 Å². The summed E-state index contributed by atoms with van der Waals surface area (Å²) < 4.78 is 0. The van der Waals surface area contributed by atoms with Crippen molar-refractivity contribution in [1.82, 2.24) is 15.2 Å². The van der Waals surface area contributed by atoms with Crippen LogP contribution in [0.25, 0.3) is 5.70 Å². The predicted octanol–water partition coefficient (Wildman–Crippen LogP) is 1.58. The third-order valence-corrected chi connectivity index (χ3v) is 5.17. The normalized spacial score (nSPS) is 18.2. The molecule has 1 aromatic heterocycles. The molecule has 2 atom stereocenters. The van der Waals surface area contributed by atoms with Crippen molar-refractivity contribution < 1.29 is 9.59 Å². The Bertz CT molecular complexity index is 588. The first-order chi connectivity index (χ1) is 12.3. The SMILES string of the molecule is CC(C)C(C(=O)N1CCCC1C)N(N)/C=C(\N)c1cccs1.CNC=O. The molecule has 1 aromatic rings. The fraction of sp³-hybridized carbons (Fsp3) is 0.556. The van der Waals surface area contributed by atoms with Crippen LogP contribution in [0.15, 0.2) is 23.7 Å². The van der Waals surface area contributed by atoms with E-state index in [-0.39, 0.29) is 17.9 Å². The van der Waals surface area contributed by atoms with Gasteiger partial charge >= 0.3 is 0 Å².